The molecule has 0 atom stereocenters. The summed E-state index contributed by atoms with van der Waals surface area (Å²) >= 11 is 13.2. The molecule has 0 saturated heterocycles. The molecule has 166 valence electrons. The van der Waals surface area contributed by atoms with Crippen LogP contribution in [0.1, 0.15) is 40.1 Å². The van der Waals surface area contributed by atoms with Crippen molar-refractivity contribution in [3.8, 4) is 5.75 Å². The van der Waals surface area contributed by atoms with E-state index in [-0.39, 0.29) is 10.8 Å². The summed E-state index contributed by atoms with van der Waals surface area (Å²) in [4.78, 5) is 37.6. The van der Waals surface area contributed by atoms with Gasteiger partial charge in [0, 0.05) is 9.90 Å². The molecule has 0 spiro atoms. The molecule has 0 saturated carbocycles. The number of anilines is 1. The minimum Gasteiger partial charge on any atom is -0.480 e. The van der Waals surface area contributed by atoms with Crippen molar-refractivity contribution in [2.24, 2.45) is 0 Å². The first kappa shape index (κ1) is 23.4. The summed E-state index contributed by atoms with van der Waals surface area (Å²) in [5, 5.41) is 3.79. The van der Waals surface area contributed by atoms with Crippen molar-refractivity contribution in [2.45, 2.75) is 32.1 Å². The van der Waals surface area contributed by atoms with Crippen LogP contribution in [0.25, 0.3) is 0 Å². The summed E-state index contributed by atoms with van der Waals surface area (Å²) < 4.78 is 15.1. The van der Waals surface area contributed by atoms with E-state index < -0.39 is 31.1 Å². The number of esters is 2. The smallest absolute Gasteiger partial charge is 0.344 e. The summed E-state index contributed by atoms with van der Waals surface area (Å²) in [7, 11) is 1.31. The molecule has 1 N–H and O–H groups in total. The van der Waals surface area contributed by atoms with E-state index in [0.717, 1.165) is 42.5 Å². The quantitative estimate of drug-likeness (QED) is 0.452. The van der Waals surface area contributed by atoms with Gasteiger partial charge in [-0.1, -0.05) is 29.6 Å². The predicted octanol–water partition coefficient (Wildman–Crippen LogP) is 4.67. The second kappa shape index (κ2) is 10.8. The summed E-state index contributed by atoms with van der Waals surface area (Å²) in [6.07, 6.45) is 4.75. The van der Waals surface area contributed by atoms with E-state index in [0.29, 0.717) is 15.6 Å². The van der Waals surface area contributed by atoms with Crippen LogP contribution in [0.15, 0.2) is 18.2 Å². The van der Waals surface area contributed by atoms with Crippen molar-refractivity contribution in [3.05, 3.63) is 44.2 Å². The highest BCUT2D eigenvalue weighted by Crippen LogP contribution is 2.38. The zero-order chi connectivity index (χ0) is 22.4. The largest absolute Gasteiger partial charge is 0.480 e. The van der Waals surface area contributed by atoms with Crippen LogP contribution in [-0.4, -0.2) is 38.2 Å². The predicted molar refractivity (Wildman–Crippen MR) is 118 cm³/mol. The number of halogens is 2. The van der Waals surface area contributed by atoms with Crippen LogP contribution in [0, 0.1) is 0 Å². The SMILES string of the molecule is COC(=O)c1c(NC(=O)COC(=O)COc2ccc(Cl)cc2Cl)sc2c1CCCCC2. The lowest BCUT2D eigenvalue weighted by atomic mass is 10.1. The van der Waals surface area contributed by atoms with Gasteiger partial charge in [-0.2, -0.15) is 0 Å². The lowest BCUT2D eigenvalue weighted by Gasteiger charge is -2.09. The van der Waals surface area contributed by atoms with Gasteiger partial charge in [0.1, 0.15) is 10.8 Å². The summed E-state index contributed by atoms with van der Waals surface area (Å²) in [5.74, 6) is -1.51. The number of rotatable bonds is 7. The highest BCUT2D eigenvalue weighted by Gasteiger charge is 2.26. The molecule has 0 aliphatic heterocycles. The molecule has 2 aromatic rings. The normalized spacial score (nSPS) is 13.0. The van der Waals surface area contributed by atoms with E-state index in [1.165, 1.54) is 30.6 Å². The summed E-state index contributed by atoms with van der Waals surface area (Å²) in [6.45, 7) is -0.935. The van der Waals surface area contributed by atoms with Gasteiger partial charge in [-0.15, -0.1) is 11.3 Å². The topological polar surface area (TPSA) is 90.9 Å². The molecule has 0 radical (unpaired) electrons. The Kier molecular flexibility index (Phi) is 8.17. The minimum atomic E-state index is -0.740. The van der Waals surface area contributed by atoms with Gasteiger partial charge < -0.3 is 19.5 Å². The lowest BCUT2D eigenvalue weighted by Crippen LogP contribution is -2.24. The molecular weight excluding hydrogens is 465 g/mol. The fourth-order valence-corrected chi connectivity index (χ4v) is 4.98. The molecule has 0 bridgehead atoms. The van der Waals surface area contributed by atoms with E-state index in [9.17, 15) is 14.4 Å². The highest BCUT2D eigenvalue weighted by molar-refractivity contribution is 7.17. The number of carbonyl (C=O) groups excluding carboxylic acids is 3. The Bertz CT molecular complexity index is 990. The van der Waals surface area contributed by atoms with Crippen molar-refractivity contribution in [2.75, 3.05) is 25.6 Å². The molecule has 3 rings (SSSR count). The molecular formula is C21H21Cl2NO6S. The monoisotopic (exact) mass is 485 g/mol. The molecule has 1 heterocycles. The number of hydrogen-bond donors (Lipinski definition) is 1. The number of carbonyl (C=O) groups is 3. The molecule has 0 fully saturated rings. The molecule has 31 heavy (non-hydrogen) atoms. The second-order valence-electron chi connectivity index (χ2n) is 6.83. The van der Waals surface area contributed by atoms with Gasteiger partial charge in [0.25, 0.3) is 5.91 Å². The minimum absolute atomic E-state index is 0.255. The molecule has 1 aromatic heterocycles. The van der Waals surface area contributed by atoms with Crippen LogP contribution in [0.4, 0.5) is 5.00 Å². The van der Waals surface area contributed by atoms with E-state index in [1.54, 1.807) is 6.07 Å². The number of fused-ring (bicyclic) bond motifs is 1. The van der Waals surface area contributed by atoms with Gasteiger partial charge in [-0.25, -0.2) is 9.59 Å². The molecule has 0 unspecified atom stereocenters. The number of amides is 1. The fraction of sp³-hybridized carbons (Fsp3) is 0.381. The fourth-order valence-electron chi connectivity index (χ4n) is 3.23. The summed E-state index contributed by atoms with van der Waals surface area (Å²) in [5.41, 5.74) is 1.33. The van der Waals surface area contributed by atoms with Crippen LogP contribution in [0.2, 0.25) is 10.0 Å². The average Bonchev–Trinajstić information content (AvgIpc) is 2.91. The van der Waals surface area contributed by atoms with Crippen molar-refractivity contribution >= 4 is 57.4 Å². The first-order valence-corrected chi connectivity index (χ1v) is 11.2. The number of ether oxygens (including phenoxy) is 3. The van der Waals surface area contributed by atoms with Crippen molar-refractivity contribution in [1.82, 2.24) is 0 Å². The molecule has 1 aliphatic carbocycles. The Labute approximate surface area is 193 Å². The van der Waals surface area contributed by atoms with E-state index in [4.69, 9.17) is 37.4 Å². The van der Waals surface area contributed by atoms with Crippen LogP contribution < -0.4 is 10.1 Å². The van der Waals surface area contributed by atoms with Gasteiger partial charge in [0.2, 0.25) is 0 Å². The van der Waals surface area contributed by atoms with Crippen LogP contribution in [-0.2, 0) is 31.9 Å². The Morgan fingerprint density at radius 3 is 2.61 bits per heavy atom. The third kappa shape index (κ3) is 6.12. The van der Waals surface area contributed by atoms with Crippen LogP contribution in [0.3, 0.4) is 0 Å². The Morgan fingerprint density at radius 1 is 1.10 bits per heavy atom. The van der Waals surface area contributed by atoms with Crippen molar-refractivity contribution in [1.29, 1.82) is 0 Å². The summed E-state index contributed by atoms with van der Waals surface area (Å²) in [6, 6.07) is 4.58. The molecule has 7 nitrogen and oxygen atoms in total. The average molecular weight is 486 g/mol. The maximum absolute atomic E-state index is 12.3. The van der Waals surface area contributed by atoms with Gasteiger partial charge in [0.15, 0.2) is 13.2 Å². The van der Waals surface area contributed by atoms with Crippen molar-refractivity contribution < 1.29 is 28.6 Å². The molecule has 10 heteroatoms. The third-order valence-electron chi connectivity index (χ3n) is 4.67. The molecule has 1 aliphatic rings. The Balaban J connectivity index is 1.57. The van der Waals surface area contributed by atoms with Gasteiger partial charge in [-0.05, 0) is 49.4 Å². The zero-order valence-corrected chi connectivity index (χ0v) is 19.1. The van der Waals surface area contributed by atoms with Gasteiger partial charge in [0.05, 0.1) is 17.7 Å². The first-order valence-electron chi connectivity index (χ1n) is 9.65. The first-order chi connectivity index (χ1) is 14.9. The number of hydrogen-bond acceptors (Lipinski definition) is 7. The van der Waals surface area contributed by atoms with E-state index >= 15 is 0 Å². The zero-order valence-electron chi connectivity index (χ0n) is 16.8. The number of aryl methyl sites for hydroxylation is 1. The van der Waals surface area contributed by atoms with Gasteiger partial charge in [-0.3, -0.25) is 4.79 Å². The Morgan fingerprint density at radius 2 is 1.87 bits per heavy atom. The third-order valence-corrected chi connectivity index (χ3v) is 6.41. The van der Waals surface area contributed by atoms with Crippen LogP contribution >= 0.6 is 34.5 Å². The van der Waals surface area contributed by atoms with E-state index in [2.05, 4.69) is 5.32 Å². The maximum Gasteiger partial charge on any atom is 0.344 e. The number of thiophene rings is 1. The Hall–Kier alpha value is -2.29. The van der Waals surface area contributed by atoms with Gasteiger partial charge >= 0.3 is 11.9 Å². The number of nitrogens with one attached hydrogen (secondary N) is 1. The second-order valence-corrected chi connectivity index (χ2v) is 8.78. The van der Waals surface area contributed by atoms with E-state index in [1.807, 2.05) is 0 Å². The molecule has 1 amide bonds. The maximum atomic E-state index is 12.3. The highest BCUT2D eigenvalue weighted by atomic mass is 35.5. The van der Waals surface area contributed by atoms with Crippen LogP contribution in [0.5, 0.6) is 5.75 Å². The number of methoxy groups -OCH3 is 1. The number of benzene rings is 1. The standard InChI is InChI=1S/C21H21Cl2NO6S/c1-28-21(27)19-13-5-3-2-4-6-16(13)31-20(19)24-17(25)10-30-18(26)11-29-15-8-7-12(22)9-14(15)23/h7-9H,2-6,10-11H2,1H3,(H,24,25). The van der Waals surface area contributed by atoms with Crippen molar-refractivity contribution in [3.63, 3.8) is 0 Å². The molecule has 1 aromatic carbocycles. The lowest BCUT2D eigenvalue weighted by molar-refractivity contribution is -0.149.